The van der Waals surface area contributed by atoms with E-state index in [0.717, 1.165) is 0 Å². The fourth-order valence-corrected chi connectivity index (χ4v) is 2.18. The molecule has 1 heterocycles. The number of aromatic nitrogens is 2. The van der Waals surface area contributed by atoms with Crippen molar-refractivity contribution in [1.82, 2.24) is 14.7 Å². The van der Waals surface area contributed by atoms with Crippen LogP contribution in [0, 0.1) is 5.92 Å². The van der Waals surface area contributed by atoms with Crippen molar-refractivity contribution in [3.63, 3.8) is 0 Å². The Labute approximate surface area is 99.3 Å². The molecule has 1 aromatic heterocycles. The Balaban J connectivity index is 2.35. The third-order valence-corrected chi connectivity index (χ3v) is 3.68. The minimum atomic E-state index is -3.55. The highest BCUT2D eigenvalue weighted by Gasteiger charge is 2.15. The van der Waals surface area contributed by atoms with E-state index in [1.165, 1.54) is 12.5 Å². The van der Waals surface area contributed by atoms with Crippen LogP contribution in [-0.2, 0) is 14.8 Å². The van der Waals surface area contributed by atoms with Crippen LogP contribution in [0.2, 0.25) is 0 Å². The van der Waals surface area contributed by atoms with Gasteiger partial charge < -0.3 is 10.1 Å². The average molecular weight is 261 g/mol. The lowest BCUT2D eigenvalue weighted by molar-refractivity contribution is -0.141. The van der Waals surface area contributed by atoms with E-state index in [0.29, 0.717) is 12.8 Å². The lowest BCUT2D eigenvalue weighted by atomic mass is 10.1. The van der Waals surface area contributed by atoms with E-state index in [9.17, 15) is 13.2 Å². The predicted octanol–water partition coefficient (Wildman–Crippen LogP) is 0.189. The molecule has 1 unspecified atom stereocenters. The number of rotatable bonds is 7. The summed E-state index contributed by atoms with van der Waals surface area (Å²) in [5.41, 5.74) is 0. The monoisotopic (exact) mass is 261 g/mol. The molecule has 0 bridgehead atoms. The van der Waals surface area contributed by atoms with E-state index in [1.807, 2.05) is 0 Å². The first-order chi connectivity index (χ1) is 7.93. The normalized spacial score (nSPS) is 13.5. The van der Waals surface area contributed by atoms with Gasteiger partial charge in [0.2, 0.25) is 0 Å². The van der Waals surface area contributed by atoms with Gasteiger partial charge in [-0.2, -0.15) is 0 Å². The maximum atomic E-state index is 11.6. The molecule has 1 aromatic rings. The van der Waals surface area contributed by atoms with Crippen LogP contribution < -0.4 is 4.72 Å². The number of sulfonamides is 1. The largest absolute Gasteiger partial charge is 0.481 e. The maximum Gasteiger partial charge on any atom is 0.306 e. The molecule has 0 aliphatic rings. The molecule has 17 heavy (non-hydrogen) atoms. The number of hydrogen-bond acceptors (Lipinski definition) is 4. The number of aliphatic carboxylic acids is 1. The maximum absolute atomic E-state index is 11.6. The summed E-state index contributed by atoms with van der Waals surface area (Å²) in [7, 11) is -3.55. The van der Waals surface area contributed by atoms with E-state index < -0.39 is 21.9 Å². The topological polar surface area (TPSA) is 112 Å². The van der Waals surface area contributed by atoms with Crippen LogP contribution in [0.3, 0.4) is 0 Å². The molecule has 1 rings (SSSR count). The molecule has 0 spiro atoms. The number of imidazole rings is 1. The Hall–Kier alpha value is -1.41. The van der Waals surface area contributed by atoms with Gasteiger partial charge in [0.1, 0.15) is 0 Å². The zero-order valence-corrected chi connectivity index (χ0v) is 10.2. The van der Waals surface area contributed by atoms with Gasteiger partial charge in [-0.1, -0.05) is 6.92 Å². The molecule has 96 valence electrons. The van der Waals surface area contributed by atoms with Crippen LogP contribution in [0.25, 0.3) is 0 Å². The summed E-state index contributed by atoms with van der Waals surface area (Å²) in [6.45, 7) is 1.80. The highest BCUT2D eigenvalue weighted by Crippen LogP contribution is 2.06. The van der Waals surface area contributed by atoms with Crippen molar-refractivity contribution in [3.05, 3.63) is 12.5 Å². The number of nitrogens with zero attached hydrogens (tertiary/aromatic N) is 1. The quantitative estimate of drug-likeness (QED) is 0.606. The van der Waals surface area contributed by atoms with Crippen LogP contribution in [0.1, 0.15) is 19.8 Å². The Morgan fingerprint density at radius 1 is 1.65 bits per heavy atom. The van der Waals surface area contributed by atoms with Gasteiger partial charge in [-0.15, -0.1) is 0 Å². The van der Waals surface area contributed by atoms with Crippen LogP contribution in [0.4, 0.5) is 0 Å². The average Bonchev–Trinajstić information content (AvgIpc) is 2.77. The summed E-state index contributed by atoms with van der Waals surface area (Å²) in [5.74, 6) is -1.34. The van der Waals surface area contributed by atoms with Gasteiger partial charge in [0, 0.05) is 6.54 Å². The summed E-state index contributed by atoms with van der Waals surface area (Å²) in [6, 6.07) is 0. The molecule has 0 saturated carbocycles. The predicted molar refractivity (Wildman–Crippen MR) is 59.8 cm³/mol. The molecule has 1 atom stereocenters. The summed E-state index contributed by atoms with van der Waals surface area (Å²) in [6.07, 6.45) is 3.39. The van der Waals surface area contributed by atoms with Crippen molar-refractivity contribution < 1.29 is 18.3 Å². The van der Waals surface area contributed by atoms with Gasteiger partial charge >= 0.3 is 5.97 Å². The van der Waals surface area contributed by atoms with Crippen LogP contribution in [0.5, 0.6) is 0 Å². The van der Waals surface area contributed by atoms with Crippen LogP contribution in [-0.4, -0.2) is 36.0 Å². The zero-order valence-electron chi connectivity index (χ0n) is 9.38. The molecule has 7 nitrogen and oxygen atoms in total. The number of carboxylic acid groups (broad SMARTS) is 1. The molecule has 8 heteroatoms. The second-order valence-electron chi connectivity index (χ2n) is 3.70. The smallest absolute Gasteiger partial charge is 0.306 e. The number of aromatic amines is 1. The molecule has 0 saturated heterocycles. The molecule has 0 amide bonds. The fraction of sp³-hybridized carbons (Fsp3) is 0.556. The number of nitrogens with one attached hydrogen (secondary N) is 2. The van der Waals surface area contributed by atoms with Crippen molar-refractivity contribution >= 4 is 16.0 Å². The second-order valence-corrected chi connectivity index (χ2v) is 5.43. The molecule has 0 aliphatic heterocycles. The van der Waals surface area contributed by atoms with E-state index in [-0.39, 0.29) is 11.6 Å². The number of hydrogen-bond donors (Lipinski definition) is 3. The summed E-state index contributed by atoms with van der Waals surface area (Å²) < 4.78 is 25.5. The lowest BCUT2D eigenvalue weighted by Crippen LogP contribution is -2.25. The number of carbonyl (C=O) groups is 1. The molecular weight excluding hydrogens is 246 g/mol. The van der Waals surface area contributed by atoms with Crippen molar-refractivity contribution in [2.45, 2.75) is 24.8 Å². The Bertz CT molecular complexity index is 455. The molecule has 0 aliphatic carbocycles. The Morgan fingerprint density at radius 3 is 2.88 bits per heavy atom. The molecule has 3 N–H and O–H groups in total. The number of carboxylic acids is 1. The van der Waals surface area contributed by atoms with E-state index in [2.05, 4.69) is 14.7 Å². The fourth-order valence-electron chi connectivity index (χ4n) is 1.21. The highest BCUT2D eigenvalue weighted by atomic mass is 32.2. The SMILES string of the molecule is CC(CCCNS(=O)(=O)c1cnc[nH]1)C(=O)O. The first-order valence-electron chi connectivity index (χ1n) is 5.14. The number of H-pyrrole nitrogens is 1. The van der Waals surface area contributed by atoms with E-state index in [4.69, 9.17) is 5.11 Å². The first-order valence-corrected chi connectivity index (χ1v) is 6.62. The standard InChI is InChI=1S/C9H15N3O4S/c1-7(9(13)14)3-2-4-12-17(15,16)8-5-10-6-11-8/h5-7,12H,2-4H2,1H3,(H,10,11)(H,13,14). The van der Waals surface area contributed by atoms with Crippen molar-refractivity contribution in [1.29, 1.82) is 0 Å². The Morgan fingerprint density at radius 2 is 2.35 bits per heavy atom. The second kappa shape index (κ2) is 5.78. The van der Waals surface area contributed by atoms with Gasteiger partial charge in [-0.3, -0.25) is 4.79 Å². The highest BCUT2D eigenvalue weighted by molar-refractivity contribution is 7.89. The summed E-state index contributed by atoms with van der Waals surface area (Å²) in [5, 5.41) is 8.64. The minimum Gasteiger partial charge on any atom is -0.481 e. The van der Waals surface area contributed by atoms with Gasteiger partial charge in [0.05, 0.1) is 18.4 Å². The van der Waals surface area contributed by atoms with Crippen molar-refractivity contribution in [2.24, 2.45) is 5.92 Å². The van der Waals surface area contributed by atoms with Crippen molar-refractivity contribution in [3.8, 4) is 0 Å². The van der Waals surface area contributed by atoms with Gasteiger partial charge in [-0.05, 0) is 12.8 Å². The molecule has 0 fully saturated rings. The van der Waals surface area contributed by atoms with E-state index in [1.54, 1.807) is 6.92 Å². The van der Waals surface area contributed by atoms with Crippen molar-refractivity contribution in [2.75, 3.05) is 6.54 Å². The molecule has 0 aromatic carbocycles. The third kappa shape index (κ3) is 4.16. The minimum absolute atomic E-state index is 0.00350. The Kier molecular flexibility index (Phi) is 4.64. The first kappa shape index (κ1) is 13.7. The molecule has 0 radical (unpaired) electrons. The van der Waals surface area contributed by atoms with Gasteiger partial charge in [-0.25, -0.2) is 18.1 Å². The zero-order chi connectivity index (χ0) is 12.9. The van der Waals surface area contributed by atoms with Gasteiger partial charge in [0.15, 0.2) is 5.03 Å². The van der Waals surface area contributed by atoms with E-state index >= 15 is 0 Å². The molecular formula is C9H15N3O4S. The van der Waals surface area contributed by atoms with Crippen LogP contribution in [0.15, 0.2) is 17.6 Å². The van der Waals surface area contributed by atoms with Gasteiger partial charge in [0.25, 0.3) is 10.0 Å². The third-order valence-electron chi connectivity index (χ3n) is 2.29. The van der Waals surface area contributed by atoms with Crippen LogP contribution >= 0.6 is 0 Å². The summed E-state index contributed by atoms with van der Waals surface area (Å²) in [4.78, 5) is 16.6. The summed E-state index contributed by atoms with van der Waals surface area (Å²) >= 11 is 0. The lowest BCUT2D eigenvalue weighted by Gasteiger charge is -2.06.